The third-order valence-electron chi connectivity index (χ3n) is 4.57. The molecule has 0 aliphatic carbocycles. The molecular weight excluding hydrogens is 343 g/mol. The van der Waals surface area contributed by atoms with Crippen molar-refractivity contribution in [2.24, 2.45) is 0 Å². The van der Waals surface area contributed by atoms with Gasteiger partial charge in [-0.1, -0.05) is 57.7 Å². The first kappa shape index (κ1) is 22.7. The Bertz CT molecular complexity index is 785. The second kappa shape index (κ2) is 10.7. The van der Waals surface area contributed by atoms with Crippen molar-refractivity contribution in [1.29, 1.82) is 0 Å². The fraction of sp³-hybridized carbons (Fsp3) is 0.500. The quantitative estimate of drug-likeness (QED) is 0.386. The summed E-state index contributed by atoms with van der Waals surface area (Å²) in [5.74, 6) is 0. The topological polar surface area (TPSA) is 57.2 Å². The molecule has 3 nitrogen and oxygen atoms in total. The molecule has 0 aliphatic heterocycles. The Kier molecular flexibility index (Phi) is 9.68. The number of hydrogen-bond donors (Lipinski definition) is 0. The van der Waals surface area contributed by atoms with Gasteiger partial charge in [-0.3, -0.25) is 0 Å². The van der Waals surface area contributed by atoms with Crippen LogP contribution in [0.4, 0.5) is 0 Å². The number of rotatable bonds is 9. The molecule has 2 aromatic carbocycles. The molecule has 0 atom stereocenters. The van der Waals surface area contributed by atoms with Crippen LogP contribution in [0.5, 0.6) is 0 Å². The van der Waals surface area contributed by atoms with Crippen molar-refractivity contribution in [3.05, 3.63) is 41.5 Å². The molecule has 0 spiro atoms. The summed E-state index contributed by atoms with van der Waals surface area (Å²) in [6, 6.07) is 8.95. The predicted molar refractivity (Wildman–Crippen MR) is 98.4 cm³/mol. The molecule has 0 heterocycles. The van der Waals surface area contributed by atoms with Crippen molar-refractivity contribution in [2.75, 3.05) is 0 Å². The van der Waals surface area contributed by atoms with Gasteiger partial charge in [-0.05, 0) is 59.7 Å². The maximum atomic E-state index is 11.4. The zero-order chi connectivity index (χ0) is 17.6. The van der Waals surface area contributed by atoms with E-state index in [2.05, 4.69) is 19.9 Å². The number of fused-ring (bicyclic) bond motifs is 1. The van der Waals surface area contributed by atoms with E-state index < -0.39 is 10.1 Å². The molecule has 0 saturated carbocycles. The summed E-state index contributed by atoms with van der Waals surface area (Å²) in [6.07, 6.45) is 8.86. The van der Waals surface area contributed by atoms with Crippen molar-refractivity contribution >= 4 is 20.9 Å². The predicted octanol–water partition coefficient (Wildman–Crippen LogP) is 2.21. The maximum absolute atomic E-state index is 11.4. The first-order valence-corrected chi connectivity index (χ1v) is 10.4. The monoisotopic (exact) mass is 370 g/mol. The molecule has 0 aromatic heterocycles. The van der Waals surface area contributed by atoms with Crippen molar-refractivity contribution in [2.45, 2.75) is 70.1 Å². The van der Waals surface area contributed by atoms with Crippen LogP contribution in [0.2, 0.25) is 0 Å². The van der Waals surface area contributed by atoms with Crippen LogP contribution in [0, 0.1) is 0 Å². The number of hydrogen-bond acceptors (Lipinski definition) is 3. The largest absolute Gasteiger partial charge is 1.00 e. The molecule has 0 amide bonds. The summed E-state index contributed by atoms with van der Waals surface area (Å²) in [5.41, 5.74) is 2.52. The first-order chi connectivity index (χ1) is 11.5. The molecule has 0 bridgehead atoms. The standard InChI is InChI=1S/C20H28O3S.Na/c1-3-5-7-9-16-11-12-17-13-14-18(24(21,22)23)15-20(17)19(16)10-8-6-4-2;/h11-15H,3-10H2,1-2H3,(H,21,22,23);/q;+1/p-1. The summed E-state index contributed by atoms with van der Waals surface area (Å²) in [7, 11) is -4.42. The van der Waals surface area contributed by atoms with Crippen molar-refractivity contribution < 1.29 is 42.5 Å². The smallest absolute Gasteiger partial charge is 0.744 e. The number of aryl methyl sites for hydroxylation is 2. The molecular formula is C20H27NaO3S. The van der Waals surface area contributed by atoms with Crippen LogP contribution in [-0.4, -0.2) is 13.0 Å². The summed E-state index contributed by atoms with van der Waals surface area (Å²) in [4.78, 5) is -0.127. The Hall–Kier alpha value is -0.390. The number of unbranched alkanes of at least 4 members (excludes halogenated alkanes) is 4. The Morgan fingerprint density at radius 2 is 1.48 bits per heavy atom. The average molecular weight is 370 g/mol. The SMILES string of the molecule is CCCCCc1ccc2ccc(S(=O)(=O)[O-])cc2c1CCCCC.[Na+]. The fourth-order valence-electron chi connectivity index (χ4n) is 3.21. The second-order valence-electron chi connectivity index (χ2n) is 6.45. The van der Waals surface area contributed by atoms with Gasteiger partial charge in [-0.25, -0.2) is 8.42 Å². The minimum atomic E-state index is -4.42. The van der Waals surface area contributed by atoms with E-state index in [1.807, 2.05) is 6.07 Å². The van der Waals surface area contributed by atoms with Gasteiger partial charge in [-0.15, -0.1) is 0 Å². The normalized spacial score (nSPS) is 11.5. The van der Waals surface area contributed by atoms with Crippen LogP contribution >= 0.6 is 0 Å². The minimum Gasteiger partial charge on any atom is -0.744 e. The van der Waals surface area contributed by atoms with Gasteiger partial charge in [0.1, 0.15) is 10.1 Å². The van der Waals surface area contributed by atoms with Gasteiger partial charge in [0.15, 0.2) is 0 Å². The van der Waals surface area contributed by atoms with E-state index in [0.717, 1.165) is 49.3 Å². The van der Waals surface area contributed by atoms with Crippen LogP contribution in [0.3, 0.4) is 0 Å². The van der Waals surface area contributed by atoms with Crippen LogP contribution in [0.1, 0.15) is 63.5 Å². The Labute approximate surface area is 174 Å². The van der Waals surface area contributed by atoms with E-state index in [9.17, 15) is 13.0 Å². The second-order valence-corrected chi connectivity index (χ2v) is 7.83. The van der Waals surface area contributed by atoms with Crippen molar-refractivity contribution in [3.63, 3.8) is 0 Å². The molecule has 25 heavy (non-hydrogen) atoms. The molecule has 0 radical (unpaired) electrons. The van der Waals surface area contributed by atoms with Gasteiger partial charge in [0.2, 0.25) is 0 Å². The van der Waals surface area contributed by atoms with Crippen LogP contribution in [0.25, 0.3) is 10.8 Å². The van der Waals surface area contributed by atoms with Crippen LogP contribution in [0.15, 0.2) is 35.2 Å². The molecule has 0 N–H and O–H groups in total. The van der Waals surface area contributed by atoms with Crippen LogP contribution in [-0.2, 0) is 23.0 Å². The third-order valence-corrected chi connectivity index (χ3v) is 5.40. The zero-order valence-electron chi connectivity index (χ0n) is 15.7. The minimum absolute atomic E-state index is 0. The van der Waals surface area contributed by atoms with E-state index in [0.29, 0.717) is 0 Å². The average Bonchev–Trinajstić information content (AvgIpc) is 2.55. The van der Waals surface area contributed by atoms with Crippen molar-refractivity contribution in [3.8, 4) is 0 Å². The van der Waals surface area contributed by atoms with Gasteiger partial charge in [0.25, 0.3) is 0 Å². The first-order valence-electron chi connectivity index (χ1n) is 8.97. The molecule has 2 rings (SSSR count). The van der Waals surface area contributed by atoms with E-state index >= 15 is 0 Å². The third kappa shape index (κ3) is 6.37. The Morgan fingerprint density at radius 1 is 0.880 bits per heavy atom. The van der Waals surface area contributed by atoms with E-state index in [4.69, 9.17) is 0 Å². The van der Waals surface area contributed by atoms with Crippen molar-refractivity contribution in [1.82, 2.24) is 0 Å². The summed E-state index contributed by atoms with van der Waals surface area (Å²) in [5, 5.41) is 1.94. The van der Waals surface area contributed by atoms with Gasteiger partial charge in [-0.2, -0.15) is 0 Å². The van der Waals surface area contributed by atoms with E-state index in [1.165, 1.54) is 30.0 Å². The van der Waals surface area contributed by atoms with Gasteiger partial charge < -0.3 is 4.55 Å². The van der Waals surface area contributed by atoms with E-state index in [1.54, 1.807) is 12.1 Å². The molecule has 2 aromatic rings. The number of benzene rings is 2. The Balaban J connectivity index is 0.00000312. The van der Waals surface area contributed by atoms with Gasteiger partial charge >= 0.3 is 29.6 Å². The molecule has 0 fully saturated rings. The summed E-state index contributed by atoms with van der Waals surface area (Å²) >= 11 is 0. The molecule has 0 saturated heterocycles. The molecule has 5 heteroatoms. The van der Waals surface area contributed by atoms with Gasteiger partial charge in [0.05, 0.1) is 4.90 Å². The summed E-state index contributed by atoms with van der Waals surface area (Å²) < 4.78 is 34.2. The molecule has 132 valence electrons. The van der Waals surface area contributed by atoms with E-state index in [-0.39, 0.29) is 34.5 Å². The van der Waals surface area contributed by atoms with Gasteiger partial charge in [0, 0.05) is 0 Å². The zero-order valence-corrected chi connectivity index (χ0v) is 18.5. The summed E-state index contributed by atoms with van der Waals surface area (Å²) in [6.45, 7) is 4.36. The Morgan fingerprint density at radius 3 is 2.08 bits per heavy atom. The fourth-order valence-corrected chi connectivity index (χ4v) is 3.71. The maximum Gasteiger partial charge on any atom is 1.00 e. The van der Waals surface area contributed by atoms with Crippen LogP contribution < -0.4 is 29.6 Å². The molecule has 0 aliphatic rings. The molecule has 0 unspecified atom stereocenters.